The van der Waals surface area contributed by atoms with Gasteiger partial charge in [-0.1, -0.05) is 13.8 Å². The van der Waals surface area contributed by atoms with Gasteiger partial charge < -0.3 is 10.5 Å². The molecule has 1 aliphatic rings. The zero-order valence-corrected chi connectivity index (χ0v) is 9.54. The third kappa shape index (κ3) is 3.56. The number of ether oxygens (including phenoxy) is 1. The van der Waals surface area contributed by atoms with E-state index in [0.717, 1.165) is 25.1 Å². The average Bonchev–Trinajstić information content (AvgIpc) is 2.54. The van der Waals surface area contributed by atoms with E-state index in [1.54, 1.807) is 0 Å². The summed E-state index contributed by atoms with van der Waals surface area (Å²) < 4.78 is 5.41. The number of nitrogens with two attached hydrogens (primary N) is 1. The molecule has 1 saturated heterocycles. The molecule has 14 heavy (non-hydrogen) atoms. The lowest BCUT2D eigenvalue weighted by atomic mass is 10.1. The van der Waals surface area contributed by atoms with Crippen molar-refractivity contribution in [3.05, 3.63) is 0 Å². The molecule has 0 aromatic heterocycles. The molecule has 0 bridgehead atoms. The molecule has 2 atom stereocenters. The molecular formula is C11H24N2O. The van der Waals surface area contributed by atoms with Crippen LogP contribution in [0, 0.1) is 5.92 Å². The molecule has 1 rings (SSSR count). The first-order valence-electron chi connectivity index (χ1n) is 5.79. The SMILES string of the molecule is CCC1CC(C)CN1CCOCCN. The highest BCUT2D eigenvalue weighted by molar-refractivity contribution is 4.81. The number of rotatable bonds is 6. The fourth-order valence-corrected chi connectivity index (χ4v) is 2.30. The Bertz CT molecular complexity index is 152. The monoisotopic (exact) mass is 200 g/mol. The Balaban J connectivity index is 2.15. The van der Waals surface area contributed by atoms with Crippen LogP contribution in [-0.4, -0.2) is 43.8 Å². The quantitative estimate of drug-likeness (QED) is 0.652. The van der Waals surface area contributed by atoms with Gasteiger partial charge in [0, 0.05) is 25.7 Å². The predicted molar refractivity (Wildman–Crippen MR) is 59.3 cm³/mol. The van der Waals surface area contributed by atoms with Crippen molar-refractivity contribution in [1.82, 2.24) is 4.90 Å². The minimum absolute atomic E-state index is 0.633. The summed E-state index contributed by atoms with van der Waals surface area (Å²) in [5.41, 5.74) is 5.36. The second-order valence-corrected chi connectivity index (χ2v) is 4.30. The van der Waals surface area contributed by atoms with Gasteiger partial charge in [-0.05, 0) is 18.8 Å². The van der Waals surface area contributed by atoms with Crippen LogP contribution in [0.4, 0.5) is 0 Å². The molecule has 1 fully saturated rings. The van der Waals surface area contributed by atoms with Crippen LogP contribution in [0.15, 0.2) is 0 Å². The van der Waals surface area contributed by atoms with Gasteiger partial charge in [0.05, 0.1) is 13.2 Å². The highest BCUT2D eigenvalue weighted by atomic mass is 16.5. The van der Waals surface area contributed by atoms with Crippen LogP contribution in [0.5, 0.6) is 0 Å². The largest absolute Gasteiger partial charge is 0.379 e. The van der Waals surface area contributed by atoms with Crippen LogP contribution in [-0.2, 0) is 4.74 Å². The van der Waals surface area contributed by atoms with Crippen LogP contribution < -0.4 is 5.73 Å². The molecule has 1 aliphatic heterocycles. The molecule has 3 heteroatoms. The first kappa shape index (κ1) is 12.0. The van der Waals surface area contributed by atoms with E-state index in [1.165, 1.54) is 19.4 Å². The highest BCUT2D eigenvalue weighted by Crippen LogP contribution is 2.24. The molecule has 0 spiro atoms. The zero-order valence-electron chi connectivity index (χ0n) is 9.54. The average molecular weight is 200 g/mol. The predicted octanol–water partition coefficient (Wildman–Crippen LogP) is 1.08. The summed E-state index contributed by atoms with van der Waals surface area (Å²) in [7, 11) is 0. The first-order valence-corrected chi connectivity index (χ1v) is 5.79. The smallest absolute Gasteiger partial charge is 0.0594 e. The lowest BCUT2D eigenvalue weighted by Gasteiger charge is -2.22. The molecule has 2 unspecified atom stereocenters. The van der Waals surface area contributed by atoms with E-state index in [1.807, 2.05) is 0 Å². The van der Waals surface area contributed by atoms with Gasteiger partial charge in [-0.15, -0.1) is 0 Å². The number of nitrogens with zero attached hydrogens (tertiary/aromatic N) is 1. The van der Waals surface area contributed by atoms with Crippen molar-refractivity contribution in [2.45, 2.75) is 32.7 Å². The third-order valence-electron chi connectivity index (χ3n) is 2.99. The van der Waals surface area contributed by atoms with Gasteiger partial charge in [-0.2, -0.15) is 0 Å². The maximum Gasteiger partial charge on any atom is 0.0594 e. The van der Waals surface area contributed by atoms with Crippen LogP contribution in [0.25, 0.3) is 0 Å². The van der Waals surface area contributed by atoms with Gasteiger partial charge in [0.2, 0.25) is 0 Å². The van der Waals surface area contributed by atoms with Crippen molar-refractivity contribution in [1.29, 1.82) is 0 Å². The fraction of sp³-hybridized carbons (Fsp3) is 1.00. The van der Waals surface area contributed by atoms with Gasteiger partial charge in [0.15, 0.2) is 0 Å². The Morgan fingerprint density at radius 2 is 2.21 bits per heavy atom. The topological polar surface area (TPSA) is 38.5 Å². The minimum Gasteiger partial charge on any atom is -0.379 e. The molecule has 2 N–H and O–H groups in total. The highest BCUT2D eigenvalue weighted by Gasteiger charge is 2.27. The van der Waals surface area contributed by atoms with E-state index in [2.05, 4.69) is 18.7 Å². The van der Waals surface area contributed by atoms with E-state index in [9.17, 15) is 0 Å². The normalized spacial score (nSPS) is 28.5. The zero-order chi connectivity index (χ0) is 10.4. The molecular weight excluding hydrogens is 176 g/mol. The number of likely N-dealkylation sites (tertiary alicyclic amines) is 1. The Hall–Kier alpha value is -0.120. The Morgan fingerprint density at radius 3 is 2.86 bits per heavy atom. The van der Waals surface area contributed by atoms with Crippen molar-refractivity contribution in [2.75, 3.05) is 32.8 Å². The lowest BCUT2D eigenvalue weighted by Crippen LogP contribution is -2.32. The van der Waals surface area contributed by atoms with E-state index >= 15 is 0 Å². The van der Waals surface area contributed by atoms with Crippen molar-refractivity contribution in [2.24, 2.45) is 11.7 Å². The van der Waals surface area contributed by atoms with Crippen molar-refractivity contribution < 1.29 is 4.74 Å². The maximum atomic E-state index is 5.41. The summed E-state index contributed by atoms with van der Waals surface area (Å²) in [5.74, 6) is 0.856. The lowest BCUT2D eigenvalue weighted by molar-refractivity contribution is 0.103. The molecule has 0 aromatic rings. The van der Waals surface area contributed by atoms with Gasteiger partial charge in [0.25, 0.3) is 0 Å². The fourth-order valence-electron chi connectivity index (χ4n) is 2.30. The molecule has 0 radical (unpaired) electrons. The molecule has 0 saturated carbocycles. The van der Waals surface area contributed by atoms with E-state index < -0.39 is 0 Å². The third-order valence-corrected chi connectivity index (χ3v) is 2.99. The Kier molecular flexibility index (Phi) is 5.45. The van der Waals surface area contributed by atoms with Crippen molar-refractivity contribution >= 4 is 0 Å². The molecule has 0 aliphatic carbocycles. The first-order chi connectivity index (χ1) is 6.77. The summed E-state index contributed by atoms with van der Waals surface area (Å²) >= 11 is 0. The summed E-state index contributed by atoms with van der Waals surface area (Å²) in [6, 6.07) is 0.784. The van der Waals surface area contributed by atoms with Crippen LogP contribution in [0.1, 0.15) is 26.7 Å². The van der Waals surface area contributed by atoms with E-state index in [-0.39, 0.29) is 0 Å². The van der Waals surface area contributed by atoms with Crippen LogP contribution >= 0.6 is 0 Å². The summed E-state index contributed by atoms with van der Waals surface area (Å²) in [6.45, 7) is 9.08. The second-order valence-electron chi connectivity index (χ2n) is 4.30. The van der Waals surface area contributed by atoms with Gasteiger partial charge >= 0.3 is 0 Å². The number of hydrogen-bond acceptors (Lipinski definition) is 3. The van der Waals surface area contributed by atoms with Crippen LogP contribution in [0.3, 0.4) is 0 Å². The van der Waals surface area contributed by atoms with Gasteiger partial charge in [-0.3, -0.25) is 4.90 Å². The molecule has 0 aromatic carbocycles. The van der Waals surface area contributed by atoms with Crippen LogP contribution in [0.2, 0.25) is 0 Å². The second kappa shape index (κ2) is 6.38. The maximum absolute atomic E-state index is 5.41. The number of hydrogen-bond donors (Lipinski definition) is 1. The molecule has 84 valence electrons. The van der Waals surface area contributed by atoms with Gasteiger partial charge in [0.1, 0.15) is 0 Å². The van der Waals surface area contributed by atoms with Crippen molar-refractivity contribution in [3.8, 4) is 0 Å². The molecule has 3 nitrogen and oxygen atoms in total. The Morgan fingerprint density at radius 1 is 1.43 bits per heavy atom. The van der Waals surface area contributed by atoms with Crippen molar-refractivity contribution in [3.63, 3.8) is 0 Å². The summed E-state index contributed by atoms with van der Waals surface area (Å²) in [5, 5.41) is 0. The summed E-state index contributed by atoms with van der Waals surface area (Å²) in [4.78, 5) is 2.56. The standard InChI is InChI=1S/C11H24N2O/c1-3-11-8-10(2)9-13(11)5-7-14-6-4-12/h10-11H,3-9,12H2,1-2H3. The minimum atomic E-state index is 0.633. The van der Waals surface area contributed by atoms with E-state index in [4.69, 9.17) is 10.5 Å². The Labute approximate surface area is 87.6 Å². The summed E-state index contributed by atoms with van der Waals surface area (Å²) in [6.07, 6.45) is 2.62. The van der Waals surface area contributed by atoms with Gasteiger partial charge in [-0.25, -0.2) is 0 Å². The molecule has 0 amide bonds. The van der Waals surface area contributed by atoms with E-state index in [0.29, 0.717) is 13.2 Å². The molecule has 1 heterocycles.